The number of nitrogens with zero attached hydrogens (tertiary/aromatic N) is 3. The molecule has 1 aromatic heterocycles. The minimum atomic E-state index is -0.514. The van der Waals surface area contributed by atoms with Crippen LogP contribution in [0.25, 0.3) is 0 Å². The molecule has 1 aliphatic heterocycles. The molecule has 0 saturated carbocycles. The first-order chi connectivity index (χ1) is 10.6. The molecule has 22 heavy (non-hydrogen) atoms. The molecule has 6 nitrogen and oxygen atoms in total. The number of carbonyl (C=O) groups is 1. The summed E-state index contributed by atoms with van der Waals surface area (Å²) in [6.45, 7) is 1.97. The number of benzene rings is 1. The molecule has 0 fully saturated rings. The zero-order valence-corrected chi connectivity index (χ0v) is 12.7. The largest absolute Gasteiger partial charge is 0.371 e. The van der Waals surface area contributed by atoms with E-state index in [0.29, 0.717) is 0 Å². The lowest BCUT2D eigenvalue weighted by Crippen LogP contribution is -2.32. The molecule has 0 radical (unpaired) electrons. The van der Waals surface area contributed by atoms with Gasteiger partial charge in [-0.05, 0) is 36.6 Å². The van der Waals surface area contributed by atoms with Crippen molar-refractivity contribution in [2.75, 3.05) is 23.3 Å². The van der Waals surface area contributed by atoms with Crippen molar-refractivity contribution >= 4 is 17.4 Å². The summed E-state index contributed by atoms with van der Waals surface area (Å²) in [5, 5.41) is 6.94. The van der Waals surface area contributed by atoms with Gasteiger partial charge in [0.15, 0.2) is 0 Å². The predicted octanol–water partition coefficient (Wildman–Crippen LogP) is 1.91. The van der Waals surface area contributed by atoms with E-state index in [9.17, 15) is 4.79 Å². The minimum absolute atomic E-state index is 0.514. The van der Waals surface area contributed by atoms with Gasteiger partial charge in [-0.3, -0.25) is 4.68 Å². The third-order valence-electron chi connectivity index (χ3n) is 4.16. The van der Waals surface area contributed by atoms with Crippen molar-refractivity contribution in [1.82, 2.24) is 9.78 Å². The molecule has 6 heteroatoms. The molecule has 0 bridgehead atoms. The molecular weight excluding hydrogens is 278 g/mol. The third kappa shape index (κ3) is 2.90. The minimum Gasteiger partial charge on any atom is -0.371 e. The maximum Gasteiger partial charge on any atom is 0.316 e. The third-order valence-corrected chi connectivity index (χ3v) is 4.16. The molecule has 1 aromatic carbocycles. The van der Waals surface area contributed by atoms with Gasteiger partial charge < -0.3 is 16.0 Å². The fourth-order valence-corrected chi connectivity index (χ4v) is 3.08. The Bertz CT molecular complexity index is 679. The van der Waals surface area contributed by atoms with Gasteiger partial charge in [-0.1, -0.05) is 6.07 Å². The topological polar surface area (TPSA) is 76.2 Å². The average Bonchev–Trinajstić information content (AvgIpc) is 2.90. The number of aromatic nitrogens is 2. The highest BCUT2D eigenvalue weighted by molar-refractivity contribution is 5.90. The number of primary amides is 1. The molecule has 0 atom stereocenters. The summed E-state index contributed by atoms with van der Waals surface area (Å²) < 4.78 is 1.91. The summed E-state index contributed by atoms with van der Waals surface area (Å²) >= 11 is 0. The van der Waals surface area contributed by atoms with Crippen LogP contribution in [-0.4, -0.2) is 28.9 Å². The van der Waals surface area contributed by atoms with Gasteiger partial charge in [0.2, 0.25) is 0 Å². The Hall–Kier alpha value is -2.50. The molecule has 0 aliphatic carbocycles. The Balaban J connectivity index is 1.79. The Morgan fingerprint density at radius 1 is 1.41 bits per heavy atom. The molecule has 116 valence electrons. The maximum atomic E-state index is 11.1. The number of anilines is 2. The van der Waals surface area contributed by atoms with Crippen molar-refractivity contribution in [3.05, 3.63) is 41.7 Å². The van der Waals surface area contributed by atoms with Crippen LogP contribution >= 0.6 is 0 Å². The number of hydrogen-bond acceptors (Lipinski definition) is 3. The Kier molecular flexibility index (Phi) is 4.00. The van der Waals surface area contributed by atoms with Crippen molar-refractivity contribution in [3.63, 3.8) is 0 Å². The quantitative estimate of drug-likeness (QED) is 0.905. The van der Waals surface area contributed by atoms with Gasteiger partial charge in [0.1, 0.15) is 0 Å². The van der Waals surface area contributed by atoms with E-state index in [-0.39, 0.29) is 0 Å². The fourth-order valence-electron chi connectivity index (χ4n) is 3.08. The summed E-state index contributed by atoms with van der Waals surface area (Å²) in [6, 6.07) is 7.53. The number of nitrogens with one attached hydrogen (secondary N) is 1. The second-order valence-corrected chi connectivity index (χ2v) is 5.58. The van der Waals surface area contributed by atoms with Gasteiger partial charge in [-0.25, -0.2) is 4.79 Å². The van der Waals surface area contributed by atoms with E-state index in [1.54, 1.807) is 0 Å². The van der Waals surface area contributed by atoms with Crippen LogP contribution in [0, 0.1) is 0 Å². The molecule has 2 aromatic rings. The van der Waals surface area contributed by atoms with Gasteiger partial charge in [0.05, 0.1) is 0 Å². The molecular formula is C16H21N5O. The summed E-state index contributed by atoms with van der Waals surface area (Å²) in [5.41, 5.74) is 9.68. The van der Waals surface area contributed by atoms with Crippen LogP contribution in [0.1, 0.15) is 17.7 Å². The van der Waals surface area contributed by atoms with Crippen LogP contribution in [0.15, 0.2) is 30.5 Å². The van der Waals surface area contributed by atoms with Crippen LogP contribution in [0.2, 0.25) is 0 Å². The second-order valence-electron chi connectivity index (χ2n) is 5.58. The van der Waals surface area contributed by atoms with Crippen molar-refractivity contribution in [3.8, 4) is 0 Å². The first kappa shape index (κ1) is 14.4. The first-order valence-corrected chi connectivity index (χ1v) is 7.55. The number of urea groups is 1. The molecule has 0 spiro atoms. The van der Waals surface area contributed by atoms with Crippen LogP contribution in [0.3, 0.4) is 0 Å². The predicted molar refractivity (Wildman–Crippen MR) is 87.1 cm³/mol. The van der Waals surface area contributed by atoms with Gasteiger partial charge in [0.25, 0.3) is 0 Å². The van der Waals surface area contributed by atoms with Crippen molar-refractivity contribution < 1.29 is 4.79 Å². The second kappa shape index (κ2) is 6.09. The normalized spacial score (nSPS) is 13.8. The van der Waals surface area contributed by atoms with E-state index in [0.717, 1.165) is 38.0 Å². The number of aryl methyl sites for hydroxylation is 1. The first-order valence-electron chi connectivity index (χ1n) is 7.55. The van der Waals surface area contributed by atoms with E-state index in [2.05, 4.69) is 27.4 Å². The number of carbonyl (C=O) groups excluding carboxylic acids is 1. The fraction of sp³-hybridized carbons (Fsp3) is 0.375. The van der Waals surface area contributed by atoms with Gasteiger partial charge in [0, 0.05) is 49.8 Å². The van der Waals surface area contributed by atoms with Crippen LogP contribution < -0.4 is 16.0 Å². The maximum absolute atomic E-state index is 11.1. The van der Waals surface area contributed by atoms with E-state index < -0.39 is 6.03 Å². The summed E-state index contributed by atoms with van der Waals surface area (Å²) in [5.74, 6) is 0. The van der Waals surface area contributed by atoms with Crippen LogP contribution in [0.5, 0.6) is 0 Å². The standard InChI is InChI=1S/C16H21N5O/c1-20-12(7-9-18-20)8-11-21-10-3-4-13-14(19-16(17)22)5-2-6-15(13)21/h2,5-7,9H,3-4,8,10-11H2,1H3,(H3,17,19,22). The molecule has 2 amide bonds. The highest BCUT2D eigenvalue weighted by Gasteiger charge is 2.19. The number of nitrogens with two attached hydrogens (primary N) is 1. The summed E-state index contributed by atoms with van der Waals surface area (Å²) in [4.78, 5) is 13.5. The Morgan fingerprint density at radius 2 is 2.27 bits per heavy atom. The van der Waals surface area contributed by atoms with Gasteiger partial charge in [-0.15, -0.1) is 0 Å². The molecule has 2 heterocycles. The van der Waals surface area contributed by atoms with E-state index in [1.165, 1.54) is 16.9 Å². The lowest BCUT2D eigenvalue weighted by atomic mass is 9.99. The Morgan fingerprint density at radius 3 is 3.00 bits per heavy atom. The zero-order chi connectivity index (χ0) is 15.5. The smallest absolute Gasteiger partial charge is 0.316 e. The van der Waals surface area contributed by atoms with Gasteiger partial charge in [-0.2, -0.15) is 5.10 Å². The van der Waals surface area contributed by atoms with E-state index in [4.69, 9.17) is 5.73 Å². The molecule has 0 saturated heterocycles. The Labute approximate surface area is 129 Å². The number of rotatable bonds is 4. The van der Waals surface area contributed by atoms with Crippen LogP contribution in [-0.2, 0) is 19.9 Å². The van der Waals surface area contributed by atoms with Crippen molar-refractivity contribution in [2.24, 2.45) is 12.8 Å². The van der Waals surface area contributed by atoms with Crippen molar-refractivity contribution in [2.45, 2.75) is 19.3 Å². The number of fused-ring (bicyclic) bond motifs is 1. The number of amides is 2. The average molecular weight is 299 g/mol. The van der Waals surface area contributed by atoms with E-state index in [1.807, 2.05) is 30.1 Å². The molecule has 3 rings (SSSR count). The zero-order valence-electron chi connectivity index (χ0n) is 12.7. The SMILES string of the molecule is Cn1nccc1CCN1CCCc2c(NC(N)=O)cccc21. The van der Waals surface area contributed by atoms with E-state index >= 15 is 0 Å². The monoisotopic (exact) mass is 299 g/mol. The lowest BCUT2D eigenvalue weighted by molar-refractivity contribution is 0.259. The number of hydrogen-bond donors (Lipinski definition) is 2. The summed E-state index contributed by atoms with van der Waals surface area (Å²) in [7, 11) is 1.97. The highest BCUT2D eigenvalue weighted by Crippen LogP contribution is 2.32. The van der Waals surface area contributed by atoms with Crippen LogP contribution in [0.4, 0.5) is 16.2 Å². The summed E-state index contributed by atoms with van der Waals surface area (Å²) in [6.07, 6.45) is 4.82. The molecule has 1 aliphatic rings. The molecule has 0 unspecified atom stereocenters. The highest BCUT2D eigenvalue weighted by atomic mass is 16.2. The molecule has 3 N–H and O–H groups in total. The van der Waals surface area contributed by atoms with Crippen molar-refractivity contribution in [1.29, 1.82) is 0 Å². The lowest BCUT2D eigenvalue weighted by Gasteiger charge is -2.32. The van der Waals surface area contributed by atoms with Gasteiger partial charge >= 0.3 is 6.03 Å².